The first-order valence-electron chi connectivity index (χ1n) is 8.71. The van der Waals surface area contributed by atoms with Crippen LogP contribution in [0.5, 0.6) is 0 Å². The lowest BCUT2D eigenvalue weighted by Crippen LogP contribution is -2.30. The molecule has 30 heavy (non-hydrogen) atoms. The summed E-state index contributed by atoms with van der Waals surface area (Å²) in [7, 11) is 1.36. The zero-order valence-electron chi connectivity index (χ0n) is 16.0. The van der Waals surface area contributed by atoms with Crippen LogP contribution >= 0.6 is 11.3 Å². The topological polar surface area (TPSA) is 64.7 Å². The highest BCUT2D eigenvalue weighted by Crippen LogP contribution is 2.37. The normalized spacial score (nSPS) is 13.8. The van der Waals surface area contributed by atoms with Crippen molar-refractivity contribution in [2.24, 2.45) is 13.0 Å². The Labute approximate surface area is 170 Å². The van der Waals surface area contributed by atoms with Gasteiger partial charge in [-0.1, -0.05) is 6.92 Å². The summed E-state index contributed by atoms with van der Waals surface area (Å²) in [5.41, 5.74) is -1.72. The van der Waals surface area contributed by atoms with Crippen LogP contribution in [0, 0.1) is 12.8 Å². The predicted octanol–water partition coefficient (Wildman–Crippen LogP) is 4.24. The summed E-state index contributed by atoms with van der Waals surface area (Å²) in [5.74, 6) is -0.834. The molecule has 164 valence electrons. The van der Waals surface area contributed by atoms with E-state index in [9.17, 15) is 31.1 Å². The minimum atomic E-state index is -4.64. The maximum absolute atomic E-state index is 13.1. The number of hydrogen-bond acceptors (Lipinski definition) is 4. The zero-order valence-corrected chi connectivity index (χ0v) is 16.8. The molecule has 0 unspecified atom stereocenters. The second kappa shape index (κ2) is 7.60. The number of alkyl halides is 6. The number of hydrogen-bond donors (Lipinski definition) is 1. The second-order valence-corrected chi connectivity index (χ2v) is 8.00. The first-order chi connectivity index (χ1) is 13.8. The van der Waals surface area contributed by atoms with Crippen LogP contribution in [0.4, 0.5) is 26.3 Å². The van der Waals surface area contributed by atoms with Crippen LogP contribution in [0.1, 0.15) is 33.7 Å². The minimum Gasteiger partial charge on any atom is -0.351 e. The third-order valence-corrected chi connectivity index (χ3v) is 5.57. The Morgan fingerprint density at radius 2 is 1.83 bits per heavy atom. The van der Waals surface area contributed by atoms with E-state index in [1.165, 1.54) is 18.7 Å². The number of carbonyl (C=O) groups is 1. The summed E-state index contributed by atoms with van der Waals surface area (Å²) in [6, 6.07) is 2.08. The van der Waals surface area contributed by atoms with Crippen molar-refractivity contribution < 1.29 is 31.1 Å². The third-order valence-electron chi connectivity index (χ3n) is 4.37. The number of halogens is 6. The summed E-state index contributed by atoms with van der Waals surface area (Å²) in [6.07, 6.45) is -9.18. The van der Waals surface area contributed by atoms with E-state index in [0.29, 0.717) is 5.69 Å². The molecule has 3 heterocycles. The summed E-state index contributed by atoms with van der Waals surface area (Å²) in [6.45, 7) is 3.46. The third kappa shape index (κ3) is 4.45. The van der Waals surface area contributed by atoms with Crippen molar-refractivity contribution in [3.8, 4) is 0 Å². The molecular weight excluding hydrogens is 436 g/mol. The first-order valence-corrected chi connectivity index (χ1v) is 9.52. The van der Waals surface area contributed by atoms with Crippen LogP contribution in [-0.4, -0.2) is 32.0 Å². The number of nitrogens with zero attached hydrogens (tertiary/aromatic N) is 4. The highest BCUT2D eigenvalue weighted by molar-refractivity contribution is 7.20. The van der Waals surface area contributed by atoms with E-state index in [-0.39, 0.29) is 34.1 Å². The number of aryl methyl sites for hydroxylation is 2. The van der Waals surface area contributed by atoms with Crippen molar-refractivity contribution in [1.29, 1.82) is 0 Å². The largest absolute Gasteiger partial charge is 0.435 e. The van der Waals surface area contributed by atoms with Crippen molar-refractivity contribution in [3.63, 3.8) is 0 Å². The van der Waals surface area contributed by atoms with Gasteiger partial charge in [0, 0.05) is 31.2 Å². The molecule has 3 rings (SSSR count). The monoisotopic (exact) mass is 453 g/mol. The molecule has 0 aliphatic heterocycles. The van der Waals surface area contributed by atoms with Gasteiger partial charge in [0.1, 0.15) is 4.83 Å². The summed E-state index contributed by atoms with van der Waals surface area (Å²) in [4.78, 5) is 12.7. The van der Waals surface area contributed by atoms with Gasteiger partial charge in [-0.3, -0.25) is 14.2 Å². The van der Waals surface area contributed by atoms with E-state index >= 15 is 0 Å². The van der Waals surface area contributed by atoms with Crippen molar-refractivity contribution in [1.82, 2.24) is 24.9 Å². The van der Waals surface area contributed by atoms with E-state index in [1.54, 1.807) is 6.92 Å². The number of amides is 1. The lowest BCUT2D eigenvalue weighted by atomic mass is 10.2. The molecule has 13 heteroatoms. The molecule has 3 aromatic rings. The molecule has 0 aromatic carbocycles. The molecule has 0 spiro atoms. The van der Waals surface area contributed by atoms with Crippen LogP contribution in [0.2, 0.25) is 0 Å². The maximum Gasteiger partial charge on any atom is 0.435 e. The summed E-state index contributed by atoms with van der Waals surface area (Å²) >= 11 is 0.879. The van der Waals surface area contributed by atoms with Crippen LogP contribution in [-0.2, 0) is 25.9 Å². The molecule has 0 aliphatic carbocycles. The Hall–Kier alpha value is -2.57. The average molecular weight is 453 g/mol. The fraction of sp³-hybridized carbons (Fsp3) is 0.471. The van der Waals surface area contributed by atoms with Gasteiger partial charge in [-0.05, 0) is 25.0 Å². The molecule has 0 aliphatic rings. The fourth-order valence-electron chi connectivity index (χ4n) is 2.91. The molecular formula is C17H17F6N5OS. The van der Waals surface area contributed by atoms with Crippen molar-refractivity contribution in [3.05, 3.63) is 34.1 Å². The Morgan fingerprint density at radius 1 is 1.17 bits per heavy atom. The van der Waals surface area contributed by atoms with E-state index < -0.39 is 29.6 Å². The van der Waals surface area contributed by atoms with E-state index in [0.717, 1.165) is 28.2 Å². The Morgan fingerprint density at radius 3 is 2.40 bits per heavy atom. The Balaban J connectivity index is 1.66. The average Bonchev–Trinajstić information content (AvgIpc) is 3.27. The Bertz CT molecular complexity index is 1080. The van der Waals surface area contributed by atoms with Gasteiger partial charge in [-0.2, -0.15) is 36.5 Å². The molecule has 0 saturated heterocycles. The lowest BCUT2D eigenvalue weighted by molar-refractivity contribution is -0.141. The molecule has 0 bridgehead atoms. The summed E-state index contributed by atoms with van der Waals surface area (Å²) < 4.78 is 79.7. The van der Waals surface area contributed by atoms with Crippen LogP contribution in [0.3, 0.4) is 0 Å². The molecule has 0 radical (unpaired) electrons. The van der Waals surface area contributed by atoms with Crippen LogP contribution in [0.15, 0.2) is 12.1 Å². The maximum atomic E-state index is 13.1. The van der Waals surface area contributed by atoms with Gasteiger partial charge >= 0.3 is 12.4 Å². The molecule has 3 aromatic heterocycles. The first kappa shape index (κ1) is 22.1. The fourth-order valence-corrected chi connectivity index (χ4v) is 3.90. The van der Waals surface area contributed by atoms with Gasteiger partial charge in [0.25, 0.3) is 5.91 Å². The smallest absolute Gasteiger partial charge is 0.351 e. The highest BCUT2D eigenvalue weighted by Gasteiger charge is 2.37. The van der Waals surface area contributed by atoms with Gasteiger partial charge in [0.2, 0.25) is 0 Å². The quantitative estimate of drug-likeness (QED) is 0.588. The van der Waals surface area contributed by atoms with Crippen molar-refractivity contribution in [2.75, 3.05) is 6.54 Å². The predicted molar refractivity (Wildman–Crippen MR) is 97.1 cm³/mol. The lowest BCUT2D eigenvalue weighted by Gasteiger charge is -2.13. The highest BCUT2D eigenvalue weighted by atomic mass is 32.1. The van der Waals surface area contributed by atoms with E-state index in [2.05, 4.69) is 15.5 Å². The van der Waals surface area contributed by atoms with Gasteiger partial charge in [0.05, 0.1) is 4.88 Å². The summed E-state index contributed by atoms with van der Waals surface area (Å²) in [5, 5.41) is 9.43. The molecule has 6 nitrogen and oxygen atoms in total. The molecule has 1 amide bonds. The number of aromatic nitrogens is 4. The number of carbonyl (C=O) groups excluding carboxylic acids is 1. The molecule has 0 saturated carbocycles. The number of rotatable bonds is 5. The standard InChI is InChI=1S/C17H17F6N5OS/c1-8(7-28-9(2)4-12(25-28)16(18,19)20)6-24-14(29)11-5-10-13(17(21,22)23)26-27(3)15(10)30-11/h4-5,8H,6-7H2,1-3H3,(H,24,29)/t8-/m0/s1. The van der Waals surface area contributed by atoms with Crippen LogP contribution in [0.25, 0.3) is 10.2 Å². The van der Waals surface area contributed by atoms with Crippen molar-refractivity contribution in [2.45, 2.75) is 32.7 Å². The van der Waals surface area contributed by atoms with Crippen molar-refractivity contribution >= 4 is 27.5 Å². The van der Waals surface area contributed by atoms with Gasteiger partial charge < -0.3 is 5.32 Å². The van der Waals surface area contributed by atoms with Gasteiger partial charge in [-0.25, -0.2) is 0 Å². The molecule has 0 fully saturated rings. The number of fused-ring (bicyclic) bond motifs is 1. The molecule has 1 atom stereocenters. The van der Waals surface area contributed by atoms with Gasteiger partial charge in [-0.15, -0.1) is 11.3 Å². The zero-order chi connectivity index (χ0) is 22.4. The minimum absolute atomic E-state index is 0.0883. The van der Waals surface area contributed by atoms with E-state index in [4.69, 9.17) is 0 Å². The van der Waals surface area contributed by atoms with Gasteiger partial charge in [0.15, 0.2) is 11.4 Å². The Kier molecular flexibility index (Phi) is 5.60. The van der Waals surface area contributed by atoms with E-state index in [1.807, 2.05) is 0 Å². The van der Waals surface area contributed by atoms with Crippen LogP contribution < -0.4 is 5.32 Å². The number of nitrogens with one attached hydrogen (secondary N) is 1. The SMILES string of the molecule is Cc1cc(C(F)(F)F)nn1C[C@@H](C)CNC(=O)c1cc2c(C(F)(F)F)nn(C)c2s1. The number of thiophene rings is 1. The second-order valence-electron chi connectivity index (χ2n) is 6.97. The molecule has 1 N–H and O–H groups in total.